The van der Waals surface area contributed by atoms with Gasteiger partial charge in [0.05, 0.1) is 0 Å². The molecule has 0 spiro atoms. The van der Waals surface area contributed by atoms with Crippen LogP contribution in [0.3, 0.4) is 0 Å². The zero-order valence-electron chi connectivity index (χ0n) is 15.5. The Balaban J connectivity index is 2.40. The molecular formula is C23H24O3. The Morgan fingerprint density at radius 3 is 1.46 bits per heavy atom. The minimum absolute atomic E-state index is 0.0361. The minimum Gasteiger partial charge on any atom is -0.507 e. The predicted molar refractivity (Wildman–Crippen MR) is 104 cm³/mol. The van der Waals surface area contributed by atoms with Crippen LogP contribution in [0.25, 0.3) is 0 Å². The number of benzene rings is 3. The normalized spacial score (nSPS) is 11.6. The number of phenolic OH excluding ortho intramolecular Hbond substituents is 2. The molecule has 0 bridgehead atoms. The maximum absolute atomic E-state index is 11.9. The average molecular weight is 348 g/mol. The molecule has 0 aliphatic rings. The Morgan fingerprint density at radius 1 is 0.615 bits per heavy atom. The van der Waals surface area contributed by atoms with Crippen LogP contribution in [-0.4, -0.2) is 15.3 Å². The molecule has 134 valence electrons. The lowest BCUT2D eigenvalue weighted by Gasteiger charge is -2.32. The minimum atomic E-state index is -1.67. The van der Waals surface area contributed by atoms with Crippen LogP contribution >= 0.6 is 0 Å². The molecule has 26 heavy (non-hydrogen) atoms. The summed E-state index contributed by atoms with van der Waals surface area (Å²) in [5, 5.41) is 33.5. The molecule has 0 fully saturated rings. The lowest BCUT2D eigenvalue weighted by Crippen LogP contribution is -2.29. The standard InChI is InChI=1S/C23H24O3/c1-14-10-12-19(21(24)16(14)3)23(26,18-8-6-5-7-9-18)20-13-11-15(2)17(4)22(20)25/h5-13,24-26H,1-4H3. The highest BCUT2D eigenvalue weighted by Gasteiger charge is 2.39. The quantitative estimate of drug-likeness (QED) is 0.606. The molecule has 3 rings (SSSR count). The number of hydrogen-bond donors (Lipinski definition) is 3. The second-order valence-electron chi connectivity index (χ2n) is 6.88. The summed E-state index contributed by atoms with van der Waals surface area (Å²) in [6, 6.07) is 16.3. The van der Waals surface area contributed by atoms with Gasteiger partial charge in [-0.25, -0.2) is 0 Å². The van der Waals surface area contributed by atoms with Gasteiger partial charge in [-0.15, -0.1) is 0 Å². The van der Waals surface area contributed by atoms with E-state index in [1.54, 1.807) is 24.3 Å². The van der Waals surface area contributed by atoms with Crippen LogP contribution in [-0.2, 0) is 5.60 Å². The van der Waals surface area contributed by atoms with E-state index in [2.05, 4.69) is 0 Å². The lowest BCUT2D eigenvalue weighted by molar-refractivity contribution is 0.119. The molecule has 0 aliphatic carbocycles. The number of aryl methyl sites for hydroxylation is 2. The molecule has 0 aromatic heterocycles. The van der Waals surface area contributed by atoms with Crippen molar-refractivity contribution in [1.82, 2.24) is 0 Å². The second kappa shape index (κ2) is 6.50. The molecule has 0 aliphatic heterocycles. The molecule has 0 saturated carbocycles. The van der Waals surface area contributed by atoms with Crippen LogP contribution in [0.4, 0.5) is 0 Å². The van der Waals surface area contributed by atoms with Gasteiger partial charge in [0.2, 0.25) is 0 Å². The molecule has 0 radical (unpaired) electrons. The molecule has 3 aromatic carbocycles. The van der Waals surface area contributed by atoms with Crippen molar-refractivity contribution in [3.63, 3.8) is 0 Å². The van der Waals surface area contributed by atoms with E-state index in [1.165, 1.54) is 0 Å². The van der Waals surface area contributed by atoms with Gasteiger partial charge < -0.3 is 15.3 Å². The zero-order valence-corrected chi connectivity index (χ0v) is 15.5. The van der Waals surface area contributed by atoms with Gasteiger partial charge in [-0.2, -0.15) is 0 Å². The number of hydrogen-bond acceptors (Lipinski definition) is 3. The summed E-state index contributed by atoms with van der Waals surface area (Å²) in [7, 11) is 0. The fourth-order valence-corrected chi connectivity index (χ4v) is 3.32. The van der Waals surface area contributed by atoms with Gasteiger partial charge >= 0.3 is 0 Å². The summed E-state index contributed by atoms with van der Waals surface area (Å²) in [6.07, 6.45) is 0. The largest absolute Gasteiger partial charge is 0.507 e. The second-order valence-corrected chi connectivity index (χ2v) is 6.88. The molecule has 3 aromatic rings. The molecule has 3 nitrogen and oxygen atoms in total. The molecule has 3 N–H and O–H groups in total. The van der Waals surface area contributed by atoms with Gasteiger partial charge in [-0.1, -0.05) is 54.6 Å². The van der Waals surface area contributed by atoms with Gasteiger partial charge in [0.25, 0.3) is 0 Å². The van der Waals surface area contributed by atoms with E-state index in [9.17, 15) is 15.3 Å². The van der Waals surface area contributed by atoms with Crippen molar-refractivity contribution in [2.45, 2.75) is 33.3 Å². The van der Waals surface area contributed by atoms with Gasteiger partial charge in [0.1, 0.15) is 17.1 Å². The van der Waals surface area contributed by atoms with Crippen LogP contribution in [0.15, 0.2) is 54.6 Å². The van der Waals surface area contributed by atoms with Crippen molar-refractivity contribution in [1.29, 1.82) is 0 Å². The highest BCUT2D eigenvalue weighted by Crippen LogP contribution is 2.46. The summed E-state index contributed by atoms with van der Waals surface area (Å²) >= 11 is 0. The first-order chi connectivity index (χ1) is 12.3. The van der Waals surface area contributed by atoms with Crippen LogP contribution in [0.2, 0.25) is 0 Å². The molecule has 3 heteroatoms. The maximum atomic E-state index is 11.9. The number of aromatic hydroxyl groups is 2. The third-order valence-electron chi connectivity index (χ3n) is 5.37. The van der Waals surface area contributed by atoms with E-state index in [4.69, 9.17) is 0 Å². The SMILES string of the molecule is Cc1ccc(C(O)(c2ccccc2)c2ccc(C)c(C)c2O)c(O)c1C. The van der Waals surface area contributed by atoms with Crippen molar-refractivity contribution in [3.05, 3.63) is 93.5 Å². The lowest BCUT2D eigenvalue weighted by atomic mass is 9.77. The van der Waals surface area contributed by atoms with Crippen LogP contribution in [0, 0.1) is 27.7 Å². The Morgan fingerprint density at radius 2 is 1.04 bits per heavy atom. The van der Waals surface area contributed by atoms with Gasteiger partial charge in [-0.05, 0) is 55.5 Å². The zero-order chi connectivity index (χ0) is 19.1. The average Bonchev–Trinajstić information content (AvgIpc) is 2.64. The van der Waals surface area contributed by atoms with Crippen molar-refractivity contribution in [2.24, 2.45) is 0 Å². The van der Waals surface area contributed by atoms with E-state index in [0.717, 1.165) is 11.1 Å². The van der Waals surface area contributed by atoms with Crippen molar-refractivity contribution in [2.75, 3.05) is 0 Å². The van der Waals surface area contributed by atoms with Crippen LogP contribution in [0.5, 0.6) is 11.5 Å². The summed E-state index contributed by atoms with van der Waals surface area (Å²) in [5.74, 6) is 0.0722. The maximum Gasteiger partial charge on any atom is 0.147 e. The van der Waals surface area contributed by atoms with Gasteiger partial charge in [0, 0.05) is 11.1 Å². The third kappa shape index (κ3) is 2.65. The van der Waals surface area contributed by atoms with Gasteiger partial charge in [0.15, 0.2) is 0 Å². The molecule has 0 atom stereocenters. The first-order valence-corrected chi connectivity index (χ1v) is 8.65. The Labute approximate surface area is 154 Å². The van der Waals surface area contributed by atoms with E-state index in [0.29, 0.717) is 27.8 Å². The van der Waals surface area contributed by atoms with E-state index < -0.39 is 5.60 Å². The summed E-state index contributed by atoms with van der Waals surface area (Å²) < 4.78 is 0. The summed E-state index contributed by atoms with van der Waals surface area (Å²) in [6.45, 7) is 7.46. The fourth-order valence-electron chi connectivity index (χ4n) is 3.32. The van der Waals surface area contributed by atoms with E-state index in [-0.39, 0.29) is 11.5 Å². The molecule has 0 saturated heterocycles. The predicted octanol–water partition coefficient (Wildman–Crippen LogP) is 4.62. The fraction of sp³-hybridized carbons (Fsp3) is 0.217. The number of rotatable bonds is 3. The summed E-state index contributed by atoms with van der Waals surface area (Å²) in [4.78, 5) is 0. The van der Waals surface area contributed by atoms with Crippen molar-refractivity contribution >= 4 is 0 Å². The summed E-state index contributed by atoms with van der Waals surface area (Å²) in [5.41, 5.74) is 2.90. The Kier molecular flexibility index (Phi) is 4.51. The first-order valence-electron chi connectivity index (χ1n) is 8.65. The molecule has 0 unspecified atom stereocenters. The Hall–Kier alpha value is -2.78. The smallest absolute Gasteiger partial charge is 0.147 e. The van der Waals surface area contributed by atoms with Crippen molar-refractivity contribution in [3.8, 4) is 11.5 Å². The topological polar surface area (TPSA) is 60.7 Å². The number of aliphatic hydroxyl groups is 1. The van der Waals surface area contributed by atoms with Crippen molar-refractivity contribution < 1.29 is 15.3 Å². The number of phenols is 2. The Bertz CT molecular complexity index is 901. The monoisotopic (exact) mass is 348 g/mol. The van der Waals surface area contributed by atoms with E-state index >= 15 is 0 Å². The highest BCUT2D eigenvalue weighted by molar-refractivity contribution is 5.60. The van der Waals surface area contributed by atoms with E-state index in [1.807, 2.05) is 58.0 Å². The van der Waals surface area contributed by atoms with Gasteiger partial charge in [-0.3, -0.25) is 0 Å². The van der Waals surface area contributed by atoms with Crippen LogP contribution < -0.4 is 0 Å². The molecular weight excluding hydrogens is 324 g/mol. The third-order valence-corrected chi connectivity index (χ3v) is 5.37. The molecule has 0 heterocycles. The first kappa shape index (κ1) is 18.0. The highest BCUT2D eigenvalue weighted by atomic mass is 16.3. The van der Waals surface area contributed by atoms with Crippen LogP contribution in [0.1, 0.15) is 38.9 Å². The molecule has 0 amide bonds.